The Kier molecular flexibility index (Phi) is 4.42. The second kappa shape index (κ2) is 5.88. The van der Waals surface area contributed by atoms with Crippen LogP contribution in [0.15, 0.2) is 30.3 Å². The van der Waals surface area contributed by atoms with Gasteiger partial charge in [0.05, 0.1) is 5.69 Å². The summed E-state index contributed by atoms with van der Waals surface area (Å²) in [6.07, 6.45) is 3.26. The molecule has 2 rings (SSSR count). The number of benzene rings is 1. The molecule has 3 nitrogen and oxygen atoms in total. The summed E-state index contributed by atoms with van der Waals surface area (Å²) in [7, 11) is 0. The fourth-order valence-corrected chi connectivity index (χ4v) is 2.81. The van der Waals surface area contributed by atoms with Crippen LogP contribution in [-0.2, 0) is 0 Å². The molecule has 0 radical (unpaired) electrons. The molecule has 0 amide bonds. The predicted octanol–water partition coefficient (Wildman–Crippen LogP) is 3.43. The average Bonchev–Trinajstić information content (AvgIpc) is 2.77. The Balaban J connectivity index is 2.17. The Labute approximate surface area is 121 Å². The van der Waals surface area contributed by atoms with Gasteiger partial charge in [-0.15, -0.1) is 0 Å². The number of nitrogens with zero attached hydrogens (tertiary/aromatic N) is 1. The van der Waals surface area contributed by atoms with Crippen molar-refractivity contribution >= 4 is 23.0 Å². The molecule has 1 aromatic rings. The van der Waals surface area contributed by atoms with Crippen molar-refractivity contribution in [1.82, 2.24) is 10.7 Å². The minimum absolute atomic E-state index is 0.109. The van der Waals surface area contributed by atoms with E-state index in [1.165, 1.54) is 6.42 Å². The van der Waals surface area contributed by atoms with E-state index in [2.05, 4.69) is 43.6 Å². The Morgan fingerprint density at radius 3 is 2.53 bits per heavy atom. The third-order valence-corrected chi connectivity index (χ3v) is 4.17. The number of hydrazine groups is 1. The summed E-state index contributed by atoms with van der Waals surface area (Å²) in [5, 5.41) is 6.22. The van der Waals surface area contributed by atoms with Crippen LogP contribution in [0.25, 0.3) is 0 Å². The zero-order valence-electron chi connectivity index (χ0n) is 11.9. The first-order valence-electron chi connectivity index (χ1n) is 7.05. The molecular formula is C15H23N3S. The molecule has 0 bridgehead atoms. The minimum atomic E-state index is -0.109. The van der Waals surface area contributed by atoms with Crippen LogP contribution in [0.4, 0.5) is 5.69 Å². The molecule has 0 aliphatic carbocycles. The van der Waals surface area contributed by atoms with E-state index in [4.69, 9.17) is 12.2 Å². The highest BCUT2D eigenvalue weighted by molar-refractivity contribution is 7.80. The monoisotopic (exact) mass is 277 g/mol. The normalized spacial score (nSPS) is 24.4. The Bertz CT molecular complexity index is 434. The maximum Gasteiger partial charge on any atom is 0.189 e. The summed E-state index contributed by atoms with van der Waals surface area (Å²) in [6.45, 7) is 6.71. The summed E-state index contributed by atoms with van der Waals surface area (Å²) < 4.78 is 0. The fourth-order valence-electron chi connectivity index (χ4n) is 2.46. The number of hydrogen-bond acceptors (Lipinski definition) is 2. The largest absolute Gasteiger partial charge is 0.342 e. The van der Waals surface area contributed by atoms with E-state index >= 15 is 0 Å². The standard InChI is InChI=1S/C15H23N3S/c1-4-12(3)11-15(5-2)16-14(19)18(17-15)13-9-7-6-8-10-13/h6-10,12,17H,4-5,11H2,1-3H3,(H,16,19)/t12-,15+/m1/s1. The minimum Gasteiger partial charge on any atom is -0.342 e. The number of rotatable bonds is 5. The summed E-state index contributed by atoms with van der Waals surface area (Å²) in [5.74, 6) is 0.665. The second-order valence-corrected chi connectivity index (χ2v) is 5.75. The quantitative estimate of drug-likeness (QED) is 0.806. The molecule has 0 aromatic heterocycles. The first-order valence-corrected chi connectivity index (χ1v) is 7.46. The van der Waals surface area contributed by atoms with Gasteiger partial charge >= 0.3 is 0 Å². The van der Waals surface area contributed by atoms with E-state index in [0.29, 0.717) is 5.92 Å². The van der Waals surface area contributed by atoms with E-state index in [-0.39, 0.29) is 5.66 Å². The van der Waals surface area contributed by atoms with Gasteiger partial charge in [-0.2, -0.15) is 0 Å². The van der Waals surface area contributed by atoms with Crippen LogP contribution in [0.3, 0.4) is 0 Å². The maximum absolute atomic E-state index is 5.48. The third-order valence-electron chi connectivity index (χ3n) is 3.89. The lowest BCUT2D eigenvalue weighted by Gasteiger charge is -2.31. The number of nitrogens with one attached hydrogen (secondary N) is 2. The van der Waals surface area contributed by atoms with E-state index in [9.17, 15) is 0 Å². The average molecular weight is 277 g/mol. The van der Waals surface area contributed by atoms with Gasteiger partial charge in [0.1, 0.15) is 5.66 Å². The molecule has 2 atom stereocenters. The van der Waals surface area contributed by atoms with Crippen molar-refractivity contribution in [3.63, 3.8) is 0 Å². The van der Waals surface area contributed by atoms with Gasteiger partial charge in [0, 0.05) is 0 Å². The molecule has 1 saturated heterocycles. The van der Waals surface area contributed by atoms with Gasteiger partial charge in [-0.25, -0.2) is 5.43 Å². The molecule has 2 N–H and O–H groups in total. The van der Waals surface area contributed by atoms with E-state index in [1.54, 1.807) is 0 Å². The van der Waals surface area contributed by atoms with Crippen molar-refractivity contribution in [2.24, 2.45) is 5.92 Å². The lowest BCUT2D eigenvalue weighted by Crippen LogP contribution is -2.51. The summed E-state index contributed by atoms with van der Waals surface area (Å²) in [5.41, 5.74) is 4.54. The highest BCUT2D eigenvalue weighted by Gasteiger charge is 2.39. The molecule has 1 fully saturated rings. The summed E-state index contributed by atoms with van der Waals surface area (Å²) in [6, 6.07) is 10.2. The van der Waals surface area contributed by atoms with Crippen molar-refractivity contribution in [2.45, 2.75) is 45.7 Å². The van der Waals surface area contributed by atoms with Crippen molar-refractivity contribution in [3.05, 3.63) is 30.3 Å². The van der Waals surface area contributed by atoms with E-state index in [0.717, 1.165) is 23.6 Å². The smallest absolute Gasteiger partial charge is 0.189 e. The van der Waals surface area contributed by atoms with Crippen LogP contribution in [-0.4, -0.2) is 10.8 Å². The van der Waals surface area contributed by atoms with Crippen molar-refractivity contribution in [1.29, 1.82) is 0 Å². The van der Waals surface area contributed by atoms with Gasteiger partial charge in [-0.05, 0) is 43.1 Å². The van der Waals surface area contributed by atoms with Gasteiger partial charge in [0.2, 0.25) is 0 Å². The molecule has 0 unspecified atom stereocenters. The van der Waals surface area contributed by atoms with Crippen LogP contribution < -0.4 is 15.8 Å². The van der Waals surface area contributed by atoms with Gasteiger partial charge in [-0.1, -0.05) is 45.4 Å². The van der Waals surface area contributed by atoms with Crippen LogP contribution in [0.5, 0.6) is 0 Å². The summed E-state index contributed by atoms with van der Waals surface area (Å²) in [4.78, 5) is 0. The molecule has 1 heterocycles. The molecule has 1 aromatic carbocycles. The van der Waals surface area contributed by atoms with Gasteiger partial charge in [0.15, 0.2) is 5.11 Å². The predicted molar refractivity (Wildman–Crippen MR) is 84.9 cm³/mol. The number of thiocarbonyl (C=S) groups is 1. The maximum atomic E-state index is 5.48. The molecule has 0 saturated carbocycles. The molecule has 0 spiro atoms. The van der Waals surface area contributed by atoms with Gasteiger partial charge < -0.3 is 5.32 Å². The van der Waals surface area contributed by atoms with Gasteiger partial charge in [0.25, 0.3) is 0 Å². The first kappa shape index (κ1) is 14.3. The van der Waals surface area contributed by atoms with Crippen LogP contribution in [0.1, 0.15) is 40.0 Å². The Morgan fingerprint density at radius 1 is 1.26 bits per heavy atom. The molecular weight excluding hydrogens is 254 g/mol. The molecule has 104 valence electrons. The van der Waals surface area contributed by atoms with Crippen molar-refractivity contribution in [2.75, 3.05) is 5.01 Å². The lowest BCUT2D eigenvalue weighted by molar-refractivity contribution is 0.255. The van der Waals surface area contributed by atoms with Crippen LogP contribution >= 0.6 is 12.2 Å². The first-order chi connectivity index (χ1) is 9.10. The fraction of sp³-hybridized carbons (Fsp3) is 0.533. The highest BCUT2D eigenvalue weighted by atomic mass is 32.1. The van der Waals surface area contributed by atoms with E-state index in [1.807, 2.05) is 23.2 Å². The van der Waals surface area contributed by atoms with Gasteiger partial charge in [-0.3, -0.25) is 5.01 Å². The molecule has 19 heavy (non-hydrogen) atoms. The number of anilines is 1. The number of para-hydroxylation sites is 1. The zero-order chi connectivity index (χ0) is 13.9. The number of hydrogen-bond donors (Lipinski definition) is 2. The van der Waals surface area contributed by atoms with Crippen LogP contribution in [0, 0.1) is 5.92 Å². The highest BCUT2D eigenvalue weighted by Crippen LogP contribution is 2.27. The molecule has 4 heteroatoms. The zero-order valence-corrected chi connectivity index (χ0v) is 12.8. The van der Waals surface area contributed by atoms with Crippen LogP contribution in [0.2, 0.25) is 0 Å². The topological polar surface area (TPSA) is 27.3 Å². The van der Waals surface area contributed by atoms with Crippen molar-refractivity contribution in [3.8, 4) is 0 Å². The van der Waals surface area contributed by atoms with Crippen molar-refractivity contribution < 1.29 is 0 Å². The Hall–Kier alpha value is -1.13. The van der Waals surface area contributed by atoms with E-state index < -0.39 is 0 Å². The second-order valence-electron chi connectivity index (χ2n) is 5.37. The molecule has 1 aliphatic heterocycles. The molecule has 1 aliphatic rings. The Morgan fingerprint density at radius 2 is 1.95 bits per heavy atom. The third kappa shape index (κ3) is 3.07. The SMILES string of the molecule is CC[C@@H](C)C[C@@]1(CC)NC(=S)N(c2ccccc2)N1. The summed E-state index contributed by atoms with van der Waals surface area (Å²) >= 11 is 5.48. The lowest BCUT2D eigenvalue weighted by atomic mass is 9.93.